The number of benzene rings is 1. The highest BCUT2D eigenvalue weighted by molar-refractivity contribution is 5.17. The molecule has 0 radical (unpaired) electrons. The van der Waals surface area contributed by atoms with Crippen LogP contribution in [-0.2, 0) is 6.42 Å². The highest BCUT2D eigenvalue weighted by Gasteiger charge is 2.21. The lowest BCUT2D eigenvalue weighted by Crippen LogP contribution is -2.15. The summed E-state index contributed by atoms with van der Waals surface area (Å²) in [5.74, 6) is 1.86. The van der Waals surface area contributed by atoms with Crippen LogP contribution in [0.2, 0.25) is 0 Å². The van der Waals surface area contributed by atoms with Gasteiger partial charge < -0.3 is 0 Å². The van der Waals surface area contributed by atoms with E-state index in [0.29, 0.717) is 0 Å². The molecule has 1 aromatic carbocycles. The summed E-state index contributed by atoms with van der Waals surface area (Å²) in [4.78, 5) is 0. The van der Waals surface area contributed by atoms with E-state index in [-0.39, 0.29) is 0 Å². The van der Waals surface area contributed by atoms with Crippen molar-refractivity contribution >= 4 is 0 Å². The lowest BCUT2D eigenvalue weighted by Gasteiger charge is -2.29. The number of hydrogen-bond acceptors (Lipinski definition) is 0. The van der Waals surface area contributed by atoms with Gasteiger partial charge in [-0.2, -0.15) is 0 Å². The van der Waals surface area contributed by atoms with Crippen molar-refractivity contribution < 1.29 is 8.78 Å². The molecule has 0 bridgehead atoms. The highest BCUT2D eigenvalue weighted by Crippen LogP contribution is 2.35. The van der Waals surface area contributed by atoms with Gasteiger partial charge in [-0.3, -0.25) is 0 Å². The van der Waals surface area contributed by atoms with E-state index in [9.17, 15) is 8.78 Å². The van der Waals surface area contributed by atoms with Crippen LogP contribution < -0.4 is 0 Å². The SMILES string of the molecule is CCCC1CCC(/C=C/C2CCC(CCc3ccc(F)c(F)c3)CC2)CC1. The minimum atomic E-state index is -0.745. The summed E-state index contributed by atoms with van der Waals surface area (Å²) in [6.07, 6.45) is 20.6. The minimum Gasteiger partial charge on any atom is -0.204 e. The van der Waals surface area contributed by atoms with Crippen molar-refractivity contribution in [2.75, 3.05) is 0 Å². The van der Waals surface area contributed by atoms with Gasteiger partial charge in [0.05, 0.1) is 0 Å². The molecule has 0 spiro atoms. The molecule has 0 aromatic heterocycles. The molecule has 2 aliphatic carbocycles. The zero-order chi connectivity index (χ0) is 19.1. The van der Waals surface area contributed by atoms with Gasteiger partial charge in [0.25, 0.3) is 0 Å². The maximum Gasteiger partial charge on any atom is 0.159 e. The molecule has 2 aliphatic rings. The molecule has 0 unspecified atom stereocenters. The first-order chi connectivity index (χ1) is 13.1. The maximum atomic E-state index is 13.3. The molecule has 0 atom stereocenters. The Hall–Kier alpha value is -1.18. The van der Waals surface area contributed by atoms with E-state index in [1.165, 1.54) is 76.3 Å². The molecule has 150 valence electrons. The van der Waals surface area contributed by atoms with Crippen molar-refractivity contribution in [3.05, 3.63) is 47.5 Å². The first-order valence-corrected chi connectivity index (χ1v) is 11.3. The van der Waals surface area contributed by atoms with E-state index in [2.05, 4.69) is 19.1 Å². The monoisotopic (exact) mass is 374 g/mol. The molecule has 2 fully saturated rings. The van der Waals surface area contributed by atoms with Crippen LogP contribution in [0.5, 0.6) is 0 Å². The summed E-state index contributed by atoms with van der Waals surface area (Å²) in [6, 6.07) is 4.34. The predicted molar refractivity (Wildman–Crippen MR) is 110 cm³/mol. The summed E-state index contributed by atoms with van der Waals surface area (Å²) in [5, 5.41) is 0. The number of halogens is 2. The predicted octanol–water partition coefficient (Wildman–Crippen LogP) is 7.87. The molecule has 0 heterocycles. The molecule has 0 aliphatic heterocycles. The molecule has 2 heteroatoms. The fourth-order valence-electron chi connectivity index (χ4n) is 5.13. The van der Waals surface area contributed by atoms with Gasteiger partial charge in [0, 0.05) is 0 Å². The Kier molecular flexibility index (Phi) is 7.91. The summed E-state index contributed by atoms with van der Waals surface area (Å²) < 4.78 is 26.3. The van der Waals surface area contributed by atoms with Crippen LogP contribution in [0.15, 0.2) is 30.4 Å². The Balaban J connectivity index is 1.34. The van der Waals surface area contributed by atoms with Gasteiger partial charge in [-0.15, -0.1) is 0 Å². The molecule has 0 amide bonds. The molecular weight excluding hydrogens is 338 g/mol. The Morgan fingerprint density at radius 2 is 1.33 bits per heavy atom. The van der Waals surface area contributed by atoms with Gasteiger partial charge in [0.15, 0.2) is 11.6 Å². The lowest BCUT2D eigenvalue weighted by atomic mass is 9.77. The molecule has 3 rings (SSSR count). The summed E-state index contributed by atoms with van der Waals surface area (Å²) in [6.45, 7) is 2.31. The third-order valence-electron chi connectivity index (χ3n) is 6.96. The van der Waals surface area contributed by atoms with Crippen LogP contribution in [-0.4, -0.2) is 0 Å². The average molecular weight is 375 g/mol. The van der Waals surface area contributed by atoms with Gasteiger partial charge in [0.1, 0.15) is 0 Å². The second-order valence-electron chi connectivity index (χ2n) is 9.02. The molecular formula is C25H36F2. The van der Waals surface area contributed by atoms with Crippen LogP contribution >= 0.6 is 0 Å². The van der Waals surface area contributed by atoms with E-state index in [1.807, 2.05) is 0 Å². The van der Waals surface area contributed by atoms with Gasteiger partial charge in [-0.05, 0) is 106 Å². The van der Waals surface area contributed by atoms with Crippen LogP contribution in [0.4, 0.5) is 8.78 Å². The molecule has 1 aromatic rings. The van der Waals surface area contributed by atoms with Crippen molar-refractivity contribution in [3.8, 4) is 0 Å². The second kappa shape index (κ2) is 10.4. The number of aryl methyl sites for hydroxylation is 1. The number of hydrogen-bond donors (Lipinski definition) is 0. The summed E-state index contributed by atoms with van der Waals surface area (Å²) >= 11 is 0. The fourth-order valence-corrected chi connectivity index (χ4v) is 5.13. The molecule has 0 N–H and O–H groups in total. The van der Waals surface area contributed by atoms with E-state index < -0.39 is 11.6 Å². The van der Waals surface area contributed by atoms with Crippen LogP contribution in [0.3, 0.4) is 0 Å². The normalized spacial score (nSPS) is 29.3. The van der Waals surface area contributed by atoms with Crippen LogP contribution in [0.25, 0.3) is 0 Å². The third kappa shape index (κ3) is 6.43. The summed E-state index contributed by atoms with van der Waals surface area (Å²) in [7, 11) is 0. The van der Waals surface area contributed by atoms with E-state index in [1.54, 1.807) is 6.07 Å². The molecule has 0 saturated heterocycles. The Morgan fingerprint density at radius 1 is 0.778 bits per heavy atom. The Labute approximate surface area is 164 Å². The van der Waals surface area contributed by atoms with Crippen LogP contribution in [0, 0.1) is 35.3 Å². The first kappa shape index (κ1) is 20.6. The zero-order valence-electron chi connectivity index (χ0n) is 16.9. The zero-order valence-corrected chi connectivity index (χ0v) is 16.9. The lowest BCUT2D eigenvalue weighted by molar-refractivity contribution is 0.285. The van der Waals surface area contributed by atoms with Gasteiger partial charge in [0.2, 0.25) is 0 Å². The van der Waals surface area contributed by atoms with E-state index in [4.69, 9.17) is 0 Å². The maximum absolute atomic E-state index is 13.3. The van der Waals surface area contributed by atoms with E-state index >= 15 is 0 Å². The van der Waals surface area contributed by atoms with E-state index in [0.717, 1.165) is 42.1 Å². The van der Waals surface area contributed by atoms with Gasteiger partial charge >= 0.3 is 0 Å². The topological polar surface area (TPSA) is 0 Å². The summed E-state index contributed by atoms with van der Waals surface area (Å²) in [5.41, 5.74) is 0.926. The molecule has 2 saturated carbocycles. The first-order valence-electron chi connectivity index (χ1n) is 11.3. The second-order valence-corrected chi connectivity index (χ2v) is 9.02. The van der Waals surface area contributed by atoms with Crippen molar-refractivity contribution in [3.63, 3.8) is 0 Å². The van der Waals surface area contributed by atoms with Crippen molar-refractivity contribution in [1.29, 1.82) is 0 Å². The Bertz CT molecular complexity index is 590. The standard InChI is InChI=1S/C25H36F2/c1-2-3-19-4-6-20(7-5-19)8-9-21-10-12-22(13-11-21)14-15-23-16-17-24(26)25(27)18-23/h8-9,16-22H,2-7,10-15H2,1H3/b9-8+. The van der Waals surface area contributed by atoms with Crippen molar-refractivity contribution in [2.45, 2.75) is 84.0 Å². The van der Waals surface area contributed by atoms with Crippen LogP contribution in [0.1, 0.15) is 83.1 Å². The van der Waals surface area contributed by atoms with Gasteiger partial charge in [-0.25, -0.2) is 8.78 Å². The molecule has 27 heavy (non-hydrogen) atoms. The number of rotatable bonds is 7. The van der Waals surface area contributed by atoms with Crippen molar-refractivity contribution in [2.24, 2.45) is 23.7 Å². The minimum absolute atomic E-state index is 0.718. The quantitative estimate of drug-likeness (QED) is 0.426. The molecule has 0 nitrogen and oxygen atoms in total. The highest BCUT2D eigenvalue weighted by atomic mass is 19.2. The Morgan fingerprint density at radius 3 is 1.85 bits per heavy atom. The van der Waals surface area contributed by atoms with Crippen molar-refractivity contribution in [1.82, 2.24) is 0 Å². The number of allylic oxidation sites excluding steroid dienone is 2. The fraction of sp³-hybridized carbons (Fsp3) is 0.680. The largest absolute Gasteiger partial charge is 0.204 e. The van der Waals surface area contributed by atoms with Gasteiger partial charge in [-0.1, -0.05) is 38.0 Å². The average Bonchev–Trinajstić information content (AvgIpc) is 2.69. The third-order valence-corrected chi connectivity index (χ3v) is 6.96. The smallest absolute Gasteiger partial charge is 0.159 e.